The number of nitro benzene ring substituents is 1. The van der Waals surface area contributed by atoms with E-state index in [-0.39, 0.29) is 5.69 Å². The Labute approximate surface area is 168 Å². The van der Waals surface area contributed by atoms with Crippen molar-refractivity contribution in [3.8, 4) is 11.3 Å². The second-order valence-electron chi connectivity index (χ2n) is 5.34. The van der Waals surface area contributed by atoms with Crippen LogP contribution in [-0.4, -0.2) is 15.8 Å². The summed E-state index contributed by atoms with van der Waals surface area (Å²) in [5.74, 6) is -0.392. The molecule has 0 saturated heterocycles. The number of thiazole rings is 1. The molecule has 2 aromatic carbocycles. The molecule has 6 nitrogen and oxygen atoms in total. The smallest absolute Gasteiger partial charge is 0.270 e. The molecular formula is C18H11Cl2N3O3S. The van der Waals surface area contributed by atoms with Gasteiger partial charge in [-0.05, 0) is 23.8 Å². The molecule has 1 heterocycles. The summed E-state index contributed by atoms with van der Waals surface area (Å²) in [7, 11) is 0. The summed E-state index contributed by atoms with van der Waals surface area (Å²) in [5, 5.41) is 16.5. The fourth-order valence-electron chi connectivity index (χ4n) is 2.18. The van der Waals surface area contributed by atoms with E-state index >= 15 is 0 Å². The SMILES string of the molecule is O=C(/C=C/c1cccc([N+](=O)[O-])c1)Nc1nc(-c2ccc(Cl)c(Cl)c2)cs1. The Kier molecular flexibility index (Phi) is 5.85. The maximum Gasteiger partial charge on any atom is 0.270 e. The molecule has 0 spiro atoms. The number of aromatic nitrogens is 1. The first-order valence-electron chi connectivity index (χ1n) is 7.57. The zero-order valence-electron chi connectivity index (χ0n) is 13.6. The minimum atomic E-state index is -0.489. The van der Waals surface area contributed by atoms with Gasteiger partial charge in [0.25, 0.3) is 5.69 Å². The zero-order chi connectivity index (χ0) is 19.4. The van der Waals surface area contributed by atoms with Crippen LogP contribution in [0.2, 0.25) is 10.0 Å². The van der Waals surface area contributed by atoms with Crippen LogP contribution in [0.3, 0.4) is 0 Å². The summed E-state index contributed by atoms with van der Waals surface area (Å²) in [6.45, 7) is 0. The summed E-state index contributed by atoms with van der Waals surface area (Å²) in [6, 6.07) is 11.2. The molecular weight excluding hydrogens is 409 g/mol. The summed E-state index contributed by atoms with van der Waals surface area (Å²) < 4.78 is 0. The average molecular weight is 420 g/mol. The van der Waals surface area contributed by atoms with Gasteiger partial charge in [0.15, 0.2) is 5.13 Å². The van der Waals surface area contributed by atoms with Crippen molar-refractivity contribution in [3.05, 3.63) is 79.6 Å². The van der Waals surface area contributed by atoms with Crippen molar-refractivity contribution in [2.45, 2.75) is 0 Å². The first-order valence-corrected chi connectivity index (χ1v) is 9.20. The first kappa shape index (κ1) is 19.0. The lowest BCUT2D eigenvalue weighted by molar-refractivity contribution is -0.384. The highest BCUT2D eigenvalue weighted by atomic mass is 35.5. The first-order chi connectivity index (χ1) is 12.9. The largest absolute Gasteiger partial charge is 0.298 e. The van der Waals surface area contributed by atoms with Crippen LogP contribution < -0.4 is 5.32 Å². The second kappa shape index (κ2) is 8.30. The van der Waals surface area contributed by atoms with E-state index < -0.39 is 10.8 Å². The fourth-order valence-corrected chi connectivity index (χ4v) is 3.20. The number of halogens is 2. The third kappa shape index (κ3) is 4.91. The van der Waals surface area contributed by atoms with E-state index in [1.807, 2.05) is 0 Å². The lowest BCUT2D eigenvalue weighted by atomic mass is 10.2. The number of carbonyl (C=O) groups excluding carboxylic acids is 1. The molecule has 1 N–H and O–H groups in total. The Hall–Kier alpha value is -2.74. The second-order valence-corrected chi connectivity index (χ2v) is 7.01. The third-order valence-corrected chi connectivity index (χ3v) is 4.95. The van der Waals surface area contributed by atoms with Gasteiger partial charge in [0.2, 0.25) is 5.91 Å². The molecule has 3 rings (SSSR count). The molecule has 3 aromatic rings. The van der Waals surface area contributed by atoms with Gasteiger partial charge in [-0.1, -0.05) is 41.4 Å². The number of anilines is 1. The van der Waals surface area contributed by atoms with Gasteiger partial charge in [-0.15, -0.1) is 11.3 Å². The summed E-state index contributed by atoms with van der Waals surface area (Å²) in [4.78, 5) is 26.7. The van der Waals surface area contributed by atoms with E-state index in [9.17, 15) is 14.9 Å². The molecule has 0 saturated carbocycles. The number of hydrogen-bond donors (Lipinski definition) is 1. The van der Waals surface area contributed by atoms with Crippen molar-refractivity contribution < 1.29 is 9.72 Å². The molecule has 9 heteroatoms. The number of benzene rings is 2. The quantitative estimate of drug-likeness (QED) is 0.327. The molecule has 0 fully saturated rings. The van der Waals surface area contributed by atoms with Crippen LogP contribution in [0.1, 0.15) is 5.56 Å². The molecule has 0 bridgehead atoms. The van der Waals surface area contributed by atoms with E-state index in [2.05, 4.69) is 10.3 Å². The van der Waals surface area contributed by atoms with Gasteiger partial charge in [-0.3, -0.25) is 20.2 Å². The number of nitrogens with one attached hydrogen (secondary N) is 1. The van der Waals surface area contributed by atoms with Gasteiger partial charge in [0, 0.05) is 29.2 Å². The molecule has 1 aromatic heterocycles. The normalized spacial score (nSPS) is 10.9. The molecule has 0 radical (unpaired) electrons. The van der Waals surface area contributed by atoms with Crippen LogP contribution in [0.25, 0.3) is 17.3 Å². The number of nitro groups is 1. The molecule has 27 heavy (non-hydrogen) atoms. The van der Waals surface area contributed by atoms with Crippen molar-refractivity contribution in [2.24, 2.45) is 0 Å². The van der Waals surface area contributed by atoms with Gasteiger partial charge in [0.05, 0.1) is 20.7 Å². The van der Waals surface area contributed by atoms with Gasteiger partial charge in [-0.2, -0.15) is 0 Å². The van der Waals surface area contributed by atoms with Gasteiger partial charge in [-0.25, -0.2) is 4.98 Å². The average Bonchev–Trinajstić information content (AvgIpc) is 3.11. The Morgan fingerprint density at radius 1 is 1.19 bits per heavy atom. The highest BCUT2D eigenvalue weighted by Gasteiger charge is 2.09. The minimum Gasteiger partial charge on any atom is -0.298 e. The van der Waals surface area contributed by atoms with Crippen molar-refractivity contribution >= 4 is 57.3 Å². The minimum absolute atomic E-state index is 0.0382. The number of amides is 1. The topological polar surface area (TPSA) is 85.1 Å². The Morgan fingerprint density at radius 2 is 2.00 bits per heavy atom. The van der Waals surface area contributed by atoms with Crippen molar-refractivity contribution in [1.29, 1.82) is 0 Å². The van der Waals surface area contributed by atoms with Crippen LogP contribution in [0.15, 0.2) is 53.9 Å². The molecule has 0 unspecified atom stereocenters. The fraction of sp³-hybridized carbons (Fsp3) is 0. The summed E-state index contributed by atoms with van der Waals surface area (Å²) >= 11 is 13.2. The summed E-state index contributed by atoms with van der Waals surface area (Å²) in [5.41, 5.74) is 1.96. The number of rotatable bonds is 5. The number of nitrogens with zero attached hydrogens (tertiary/aromatic N) is 2. The van der Waals surface area contributed by atoms with E-state index in [1.54, 1.807) is 35.7 Å². The van der Waals surface area contributed by atoms with Gasteiger partial charge in [0.1, 0.15) is 0 Å². The lowest BCUT2D eigenvalue weighted by Gasteiger charge is -2.00. The highest BCUT2D eigenvalue weighted by molar-refractivity contribution is 7.14. The van der Waals surface area contributed by atoms with Crippen LogP contribution in [0.4, 0.5) is 10.8 Å². The molecule has 0 aliphatic rings. The monoisotopic (exact) mass is 419 g/mol. The van der Waals surface area contributed by atoms with E-state index in [4.69, 9.17) is 23.2 Å². The number of carbonyl (C=O) groups is 1. The van der Waals surface area contributed by atoms with Gasteiger partial charge < -0.3 is 0 Å². The van der Waals surface area contributed by atoms with E-state index in [0.29, 0.717) is 26.4 Å². The van der Waals surface area contributed by atoms with Gasteiger partial charge >= 0.3 is 0 Å². The predicted octanol–water partition coefficient (Wildman–Crippen LogP) is 5.68. The maximum absolute atomic E-state index is 12.0. The number of non-ortho nitro benzene ring substituents is 1. The van der Waals surface area contributed by atoms with Crippen molar-refractivity contribution in [2.75, 3.05) is 5.32 Å². The van der Waals surface area contributed by atoms with E-state index in [1.165, 1.54) is 35.6 Å². The Morgan fingerprint density at radius 3 is 2.74 bits per heavy atom. The third-order valence-electron chi connectivity index (χ3n) is 3.46. The highest BCUT2D eigenvalue weighted by Crippen LogP contribution is 2.30. The zero-order valence-corrected chi connectivity index (χ0v) is 15.9. The molecule has 1 amide bonds. The molecule has 0 aliphatic heterocycles. The van der Waals surface area contributed by atoms with Crippen molar-refractivity contribution in [3.63, 3.8) is 0 Å². The molecule has 0 aliphatic carbocycles. The van der Waals surface area contributed by atoms with E-state index in [0.717, 1.165) is 5.56 Å². The van der Waals surface area contributed by atoms with Crippen molar-refractivity contribution in [1.82, 2.24) is 4.98 Å². The standard InChI is InChI=1S/C18H11Cl2N3O3S/c19-14-6-5-12(9-15(14)20)16-10-27-18(21-16)22-17(24)7-4-11-2-1-3-13(8-11)23(25)26/h1-10H,(H,21,22,24)/b7-4+. The predicted molar refractivity (Wildman–Crippen MR) is 108 cm³/mol. The number of hydrogen-bond acceptors (Lipinski definition) is 5. The maximum atomic E-state index is 12.0. The van der Waals surface area contributed by atoms with Crippen LogP contribution in [-0.2, 0) is 4.79 Å². The van der Waals surface area contributed by atoms with Crippen LogP contribution >= 0.6 is 34.5 Å². The van der Waals surface area contributed by atoms with Crippen LogP contribution in [0.5, 0.6) is 0 Å². The lowest BCUT2D eigenvalue weighted by Crippen LogP contribution is -2.07. The Balaban J connectivity index is 1.68. The van der Waals surface area contributed by atoms with Crippen LogP contribution in [0, 0.1) is 10.1 Å². The summed E-state index contributed by atoms with van der Waals surface area (Å²) in [6.07, 6.45) is 2.79. The molecule has 0 atom stereocenters. The Bertz CT molecular complexity index is 1050. The molecule has 136 valence electrons.